The van der Waals surface area contributed by atoms with E-state index in [2.05, 4.69) is 11.8 Å². The van der Waals surface area contributed by atoms with E-state index in [4.69, 9.17) is 24.9 Å². The van der Waals surface area contributed by atoms with Crippen molar-refractivity contribution in [3.63, 3.8) is 0 Å². The SMILES string of the molecule is CCN(CC#Cc1c2c(nc3cc4c(cc13)OCO4)-c1cc([C@H](O)C=O)c(COC)c(=O)n1C2)C(=O)CN. The van der Waals surface area contributed by atoms with Crippen molar-refractivity contribution in [3.8, 4) is 34.7 Å². The number of fused-ring (bicyclic) bond motifs is 5. The third kappa shape index (κ3) is 4.18. The molecule has 0 aliphatic carbocycles. The second-order valence-corrected chi connectivity index (χ2v) is 8.82. The van der Waals surface area contributed by atoms with Crippen LogP contribution in [0.3, 0.4) is 0 Å². The van der Waals surface area contributed by atoms with Crippen molar-refractivity contribution in [3.05, 3.63) is 50.8 Å². The predicted molar refractivity (Wildman–Crippen MR) is 137 cm³/mol. The molecular formula is C27H26N4O7. The van der Waals surface area contributed by atoms with Crippen LogP contribution in [-0.4, -0.2) is 65.3 Å². The number of methoxy groups -OCH3 is 1. The van der Waals surface area contributed by atoms with Crippen LogP contribution >= 0.6 is 0 Å². The number of nitrogens with zero attached hydrogens (tertiary/aromatic N) is 3. The molecule has 4 heterocycles. The smallest absolute Gasteiger partial charge is 0.257 e. The van der Waals surface area contributed by atoms with Crippen LogP contribution in [0.2, 0.25) is 0 Å². The third-order valence-electron chi connectivity index (χ3n) is 6.70. The van der Waals surface area contributed by atoms with Gasteiger partial charge in [-0.25, -0.2) is 4.98 Å². The van der Waals surface area contributed by atoms with Gasteiger partial charge in [0.25, 0.3) is 5.56 Å². The number of aromatic nitrogens is 2. The summed E-state index contributed by atoms with van der Waals surface area (Å²) in [6.45, 7) is 2.58. The molecule has 3 N–H and O–H groups in total. The zero-order chi connectivity index (χ0) is 27.0. The highest BCUT2D eigenvalue weighted by Crippen LogP contribution is 2.41. The number of carbonyl (C=O) groups excluding carboxylic acids is 2. The zero-order valence-electron chi connectivity index (χ0n) is 20.9. The molecule has 5 rings (SSSR count). The van der Waals surface area contributed by atoms with Gasteiger partial charge in [-0.1, -0.05) is 11.8 Å². The van der Waals surface area contributed by atoms with Crippen LogP contribution in [-0.2, 0) is 27.5 Å². The lowest BCUT2D eigenvalue weighted by Crippen LogP contribution is -2.36. The average Bonchev–Trinajstić information content (AvgIpc) is 3.54. The molecule has 1 amide bonds. The molecule has 0 radical (unpaired) electrons. The summed E-state index contributed by atoms with van der Waals surface area (Å²) in [7, 11) is 1.43. The first-order valence-electron chi connectivity index (χ1n) is 12.0. The van der Waals surface area contributed by atoms with Crippen molar-refractivity contribution in [2.24, 2.45) is 5.73 Å². The van der Waals surface area contributed by atoms with Gasteiger partial charge in [-0.3, -0.25) is 9.59 Å². The van der Waals surface area contributed by atoms with Crippen LogP contribution in [0.4, 0.5) is 0 Å². The Hall–Kier alpha value is -4.24. The number of benzene rings is 1. The van der Waals surface area contributed by atoms with Crippen LogP contribution in [0.5, 0.6) is 11.5 Å². The van der Waals surface area contributed by atoms with Gasteiger partial charge in [0.05, 0.1) is 43.1 Å². The fourth-order valence-electron chi connectivity index (χ4n) is 4.78. The molecule has 38 heavy (non-hydrogen) atoms. The molecule has 0 saturated heterocycles. The summed E-state index contributed by atoms with van der Waals surface area (Å²) >= 11 is 0. The van der Waals surface area contributed by atoms with Gasteiger partial charge in [0, 0.05) is 47.4 Å². The normalized spacial score (nSPS) is 13.5. The lowest BCUT2D eigenvalue weighted by atomic mass is 9.99. The maximum atomic E-state index is 13.5. The molecule has 2 aliphatic heterocycles. The molecule has 0 saturated carbocycles. The minimum Gasteiger partial charge on any atom is -0.454 e. The summed E-state index contributed by atoms with van der Waals surface area (Å²) in [5.74, 6) is 7.16. The molecule has 2 aromatic heterocycles. The van der Waals surface area contributed by atoms with E-state index in [1.165, 1.54) is 11.7 Å². The number of aldehydes is 1. The summed E-state index contributed by atoms with van der Waals surface area (Å²) in [5.41, 5.74) is 8.37. The Morgan fingerprint density at radius 3 is 2.79 bits per heavy atom. The number of aliphatic hydroxyl groups excluding tert-OH is 1. The summed E-state index contributed by atoms with van der Waals surface area (Å²) in [6.07, 6.45) is -1.12. The number of aliphatic hydroxyl groups is 1. The number of ether oxygens (including phenoxy) is 3. The molecule has 11 heteroatoms. The Bertz CT molecular complexity index is 1580. The number of rotatable bonds is 7. The first kappa shape index (κ1) is 25.4. The minimum atomic E-state index is -1.49. The maximum Gasteiger partial charge on any atom is 0.257 e. The van der Waals surface area contributed by atoms with Crippen LogP contribution < -0.4 is 20.8 Å². The van der Waals surface area contributed by atoms with Crippen molar-refractivity contribution in [1.29, 1.82) is 0 Å². The molecule has 0 fully saturated rings. The van der Waals surface area contributed by atoms with E-state index in [0.29, 0.717) is 57.7 Å². The van der Waals surface area contributed by atoms with Gasteiger partial charge in [0.1, 0.15) is 6.10 Å². The monoisotopic (exact) mass is 518 g/mol. The van der Waals surface area contributed by atoms with Crippen LogP contribution in [0.1, 0.15) is 35.3 Å². The highest BCUT2D eigenvalue weighted by Gasteiger charge is 2.30. The highest BCUT2D eigenvalue weighted by atomic mass is 16.7. The third-order valence-corrected chi connectivity index (χ3v) is 6.70. The highest BCUT2D eigenvalue weighted by molar-refractivity contribution is 5.93. The Kier molecular flexibility index (Phi) is 6.86. The predicted octanol–water partition coefficient (Wildman–Crippen LogP) is 0.691. The summed E-state index contributed by atoms with van der Waals surface area (Å²) < 4.78 is 17.8. The molecule has 3 aromatic rings. The van der Waals surface area contributed by atoms with E-state index in [1.54, 1.807) is 23.1 Å². The Morgan fingerprint density at radius 1 is 1.34 bits per heavy atom. The fraction of sp³-hybridized carbons (Fsp3) is 0.333. The first-order chi connectivity index (χ1) is 18.4. The first-order valence-corrected chi connectivity index (χ1v) is 12.0. The topological polar surface area (TPSA) is 146 Å². The van der Waals surface area contributed by atoms with E-state index in [9.17, 15) is 19.5 Å². The number of pyridine rings is 2. The standard InChI is InChI=1S/C27H26N4O7/c1-3-30(25(34)10-28)6-4-5-15-16-8-23-24(38-14-37-23)9-20(16)29-26-18(15)11-31-21(26)7-17(22(33)12-32)19(13-36-2)27(31)35/h7-9,12,22,33H,3,6,10-11,13-14,28H2,1-2H3/t22-/m1/s1. The lowest BCUT2D eigenvalue weighted by Gasteiger charge is -2.16. The second kappa shape index (κ2) is 10.3. The van der Waals surface area contributed by atoms with E-state index in [1.807, 2.05) is 6.92 Å². The van der Waals surface area contributed by atoms with Crippen molar-refractivity contribution in [2.45, 2.75) is 26.2 Å². The molecule has 2 aliphatic rings. The van der Waals surface area contributed by atoms with Gasteiger partial charge in [-0.15, -0.1) is 0 Å². The van der Waals surface area contributed by atoms with Crippen LogP contribution in [0.15, 0.2) is 23.0 Å². The molecular weight excluding hydrogens is 492 g/mol. The van der Waals surface area contributed by atoms with Gasteiger partial charge >= 0.3 is 0 Å². The molecule has 0 unspecified atom stereocenters. The van der Waals surface area contributed by atoms with Crippen molar-refractivity contribution in [2.75, 3.05) is 33.5 Å². The minimum absolute atomic E-state index is 0.0683. The molecule has 1 aromatic carbocycles. The van der Waals surface area contributed by atoms with Gasteiger partial charge in [-0.2, -0.15) is 0 Å². The van der Waals surface area contributed by atoms with Gasteiger partial charge in [0.15, 0.2) is 17.8 Å². The van der Waals surface area contributed by atoms with Crippen LogP contribution in [0, 0.1) is 11.8 Å². The van der Waals surface area contributed by atoms with E-state index < -0.39 is 6.10 Å². The molecule has 196 valence electrons. The van der Waals surface area contributed by atoms with E-state index in [0.717, 1.165) is 0 Å². The van der Waals surface area contributed by atoms with Crippen molar-refractivity contribution < 1.29 is 28.9 Å². The van der Waals surface area contributed by atoms with E-state index in [-0.39, 0.29) is 55.6 Å². The van der Waals surface area contributed by atoms with E-state index >= 15 is 0 Å². The van der Waals surface area contributed by atoms with Crippen molar-refractivity contribution >= 4 is 23.1 Å². The zero-order valence-corrected chi connectivity index (χ0v) is 20.9. The van der Waals surface area contributed by atoms with Gasteiger partial charge in [-0.05, 0) is 19.1 Å². The molecule has 1 atom stereocenters. The van der Waals surface area contributed by atoms with Crippen molar-refractivity contribution in [1.82, 2.24) is 14.5 Å². The van der Waals surface area contributed by atoms with Gasteiger partial charge in [0.2, 0.25) is 12.7 Å². The maximum absolute atomic E-state index is 13.5. The number of amides is 1. The number of hydrogen-bond donors (Lipinski definition) is 2. The number of likely N-dealkylation sites (N-methyl/N-ethyl adjacent to an activating group) is 1. The Morgan fingerprint density at radius 2 is 2.11 bits per heavy atom. The Labute approximate surface area is 217 Å². The number of hydrogen-bond acceptors (Lipinski definition) is 9. The molecule has 11 nitrogen and oxygen atoms in total. The lowest BCUT2D eigenvalue weighted by molar-refractivity contribution is -0.128. The largest absolute Gasteiger partial charge is 0.454 e. The Balaban J connectivity index is 1.72. The summed E-state index contributed by atoms with van der Waals surface area (Å²) in [6, 6.07) is 5.16. The fourth-order valence-corrected chi connectivity index (χ4v) is 4.78. The number of nitrogens with two attached hydrogens (primary N) is 1. The molecule has 0 bridgehead atoms. The summed E-state index contributed by atoms with van der Waals surface area (Å²) in [5, 5.41) is 11.1. The van der Waals surface area contributed by atoms with Gasteiger partial charge < -0.3 is 39.3 Å². The molecule has 0 spiro atoms. The van der Waals surface area contributed by atoms with Crippen LogP contribution in [0.25, 0.3) is 22.3 Å². The average molecular weight is 519 g/mol. The quantitative estimate of drug-likeness (QED) is 0.266. The number of carbonyl (C=O) groups is 2. The summed E-state index contributed by atoms with van der Waals surface area (Å²) in [4.78, 5) is 43.4. The second-order valence-electron chi connectivity index (χ2n) is 8.82.